The van der Waals surface area contributed by atoms with Gasteiger partial charge in [-0.25, -0.2) is 0 Å². The molecule has 0 aliphatic carbocycles. The van der Waals surface area contributed by atoms with Gasteiger partial charge in [-0.3, -0.25) is 0 Å². The predicted octanol–water partition coefficient (Wildman–Crippen LogP) is 18.3. The minimum absolute atomic E-state index is 0.0900. The maximum absolute atomic E-state index is 7.79. The van der Waals surface area contributed by atoms with Gasteiger partial charge in [0.05, 0.1) is 42.9 Å². The van der Waals surface area contributed by atoms with Crippen molar-refractivity contribution in [3.63, 3.8) is 0 Å². The van der Waals surface area contributed by atoms with E-state index in [1.54, 1.807) is 38.5 Å². The zero-order chi connectivity index (χ0) is 66.0. The van der Waals surface area contributed by atoms with Gasteiger partial charge in [-0.2, -0.15) is 0 Å². The van der Waals surface area contributed by atoms with Crippen molar-refractivity contribution in [3.8, 4) is 11.5 Å². The third-order valence-corrected chi connectivity index (χ3v) is 12.5. The van der Waals surface area contributed by atoms with Crippen LogP contribution >= 0.6 is 0 Å². The summed E-state index contributed by atoms with van der Waals surface area (Å²) >= 11 is 0. The molecule has 0 fully saturated rings. The van der Waals surface area contributed by atoms with Crippen molar-refractivity contribution in [2.24, 2.45) is 0 Å². The van der Waals surface area contributed by atoms with E-state index in [4.69, 9.17) is 30.0 Å². The Balaban J connectivity index is 0.000000180. The zero-order valence-corrected chi connectivity index (χ0v) is 44.1. The molecule has 0 aliphatic heterocycles. The summed E-state index contributed by atoms with van der Waals surface area (Å²) in [5, 5.41) is 16.8. The van der Waals surface area contributed by atoms with E-state index in [1.165, 1.54) is 16.3 Å². The molecule has 0 aliphatic rings. The minimum Gasteiger partial charge on any atom is -0.497 e. The first-order valence-electron chi connectivity index (χ1n) is 31.4. The van der Waals surface area contributed by atoms with Crippen molar-refractivity contribution in [1.29, 1.82) is 0 Å². The molecule has 0 bridgehead atoms. The van der Waals surface area contributed by atoms with Crippen molar-refractivity contribution >= 4 is 70.1 Å². The molecule has 10 rings (SSSR count). The lowest BCUT2D eigenvalue weighted by Gasteiger charge is -2.17. The average molecular weight is 1020 g/mol. The summed E-state index contributed by atoms with van der Waals surface area (Å²) in [6.45, 7) is 11.3. The van der Waals surface area contributed by atoms with E-state index in [9.17, 15) is 0 Å². The van der Waals surface area contributed by atoms with Gasteiger partial charge in [-0.1, -0.05) is 152 Å². The van der Waals surface area contributed by atoms with Gasteiger partial charge in [-0.05, 0) is 170 Å². The second-order valence-corrected chi connectivity index (χ2v) is 22.5. The highest BCUT2D eigenvalue weighted by molar-refractivity contribution is 6.88. The lowest BCUT2D eigenvalue weighted by atomic mass is 10.2. The normalized spacial score (nSPS) is 12.9. The van der Waals surface area contributed by atoms with Crippen LogP contribution in [0.1, 0.15) is 31.7 Å². The molecule has 0 spiro atoms. The molecule has 0 heterocycles. The minimum atomic E-state index is -1.18. The molecule has 8 heteroatoms. The first-order valence-corrected chi connectivity index (χ1v) is 27.4. The van der Waals surface area contributed by atoms with Crippen molar-refractivity contribution in [1.82, 2.24) is 0 Å². The standard InChI is InChI=1S/C15H19NSi.C14H15NO2.C14H15N.2C12H11N/c1-17(2,3)15-11-9-14(10-12-15)16-13-7-5-4-6-8-13;1-16-13-7-3-11(4-8-13)15-12-5-9-14(17-2)10-6-12;1-11-5-3-7-13(9-11)15-14-8-4-6-12(2)10-14;2*1-3-7-11(8-4-1)13-12-9-5-2-6-10-12/h4-12,16H,1-3H3;3-10,15H,1-2H3;3-10,15H,1-2H3;2*1-10,13H/i;;;1D,2D,3D,4D,5D,6D,7D,8D,9D,10D;1D,3D,4D,7D,8D. The molecule has 0 aromatic heterocycles. The van der Waals surface area contributed by atoms with Crippen LogP contribution in [0.2, 0.25) is 19.6 Å². The third kappa shape index (κ3) is 20.9. The molecule has 0 amide bonds. The lowest BCUT2D eigenvalue weighted by molar-refractivity contribution is 0.415. The molecule has 0 saturated carbocycles. The van der Waals surface area contributed by atoms with Gasteiger partial charge in [-0.15, -0.1) is 0 Å². The van der Waals surface area contributed by atoms with Crippen LogP contribution in [0.3, 0.4) is 0 Å². The van der Waals surface area contributed by atoms with Crippen LogP contribution in [0, 0.1) is 13.8 Å². The van der Waals surface area contributed by atoms with E-state index in [1.807, 2.05) is 72.8 Å². The van der Waals surface area contributed by atoms with Gasteiger partial charge in [0.1, 0.15) is 11.5 Å². The van der Waals surface area contributed by atoms with Crippen LogP contribution in [0.5, 0.6) is 11.5 Å². The largest absolute Gasteiger partial charge is 0.497 e. The van der Waals surface area contributed by atoms with Crippen molar-refractivity contribution in [2.75, 3.05) is 40.8 Å². The monoisotopic (exact) mass is 1020 g/mol. The number of anilines is 10. The molecule has 0 radical (unpaired) electrons. The van der Waals surface area contributed by atoms with E-state index in [0.717, 1.165) is 45.6 Å². The van der Waals surface area contributed by atoms with Crippen molar-refractivity contribution in [3.05, 3.63) is 284 Å². The Morgan fingerprint density at radius 3 is 0.907 bits per heavy atom. The summed E-state index contributed by atoms with van der Waals surface area (Å²) < 4.78 is 125. The smallest absolute Gasteiger partial charge is 0.119 e. The number of para-hydroxylation sites is 5. The Labute approximate surface area is 468 Å². The second kappa shape index (κ2) is 30.1. The van der Waals surface area contributed by atoms with Gasteiger partial charge < -0.3 is 36.1 Å². The maximum atomic E-state index is 7.79. The number of hydrogen-bond donors (Lipinski definition) is 5. The van der Waals surface area contributed by atoms with Gasteiger partial charge in [0.15, 0.2) is 0 Å². The first-order chi connectivity index (χ1) is 42.7. The van der Waals surface area contributed by atoms with E-state index in [2.05, 4.69) is 145 Å². The highest BCUT2D eigenvalue weighted by atomic mass is 28.3. The highest BCUT2D eigenvalue weighted by Gasteiger charge is 2.15. The van der Waals surface area contributed by atoms with Crippen molar-refractivity contribution < 1.29 is 30.0 Å². The van der Waals surface area contributed by atoms with Crippen LogP contribution in [-0.4, -0.2) is 22.3 Å². The predicted molar refractivity (Wildman–Crippen MR) is 326 cm³/mol. The molecule has 0 unspecified atom stereocenters. The molecule has 75 heavy (non-hydrogen) atoms. The highest BCUT2D eigenvalue weighted by Crippen LogP contribution is 2.23. The fourth-order valence-electron chi connectivity index (χ4n) is 6.60. The summed E-state index contributed by atoms with van der Waals surface area (Å²) in [6, 6.07) is 53.2. The summed E-state index contributed by atoms with van der Waals surface area (Å²) in [5.74, 6) is 1.70. The molecule has 10 aromatic carbocycles. The Bertz CT molecular complexity index is 3770. The Morgan fingerprint density at radius 1 is 0.307 bits per heavy atom. The molecular weight excluding hydrogens is 935 g/mol. The quantitative estimate of drug-likeness (QED) is 0.0737. The maximum Gasteiger partial charge on any atom is 0.119 e. The molecule has 10 aromatic rings. The number of aryl methyl sites for hydroxylation is 2. The van der Waals surface area contributed by atoms with Crippen molar-refractivity contribution in [2.45, 2.75) is 33.5 Å². The number of nitrogens with one attached hydrogen (secondary N) is 5. The van der Waals surface area contributed by atoms with Crippen LogP contribution in [0.15, 0.2) is 273 Å². The van der Waals surface area contributed by atoms with Gasteiger partial charge in [0.25, 0.3) is 0 Å². The Hall–Kier alpha value is -8.98. The van der Waals surface area contributed by atoms with E-state index < -0.39 is 68.5 Å². The number of ether oxygens (including phenoxy) is 2. The van der Waals surface area contributed by atoms with Crippen LogP contribution < -0.4 is 41.2 Å². The zero-order valence-electron chi connectivity index (χ0n) is 58.1. The molecule has 0 saturated heterocycles. The fraction of sp³-hybridized carbons (Fsp3) is 0.104. The molecule has 5 N–H and O–H groups in total. The number of rotatable bonds is 13. The van der Waals surface area contributed by atoms with Crippen LogP contribution in [0.25, 0.3) is 0 Å². The van der Waals surface area contributed by atoms with E-state index in [-0.39, 0.29) is 47.3 Å². The van der Waals surface area contributed by atoms with Gasteiger partial charge in [0, 0.05) is 56.9 Å². The van der Waals surface area contributed by atoms with Gasteiger partial charge in [0.2, 0.25) is 0 Å². The Kier molecular flexibility index (Phi) is 15.2. The Morgan fingerprint density at radius 2 is 0.587 bits per heavy atom. The second-order valence-electron chi connectivity index (χ2n) is 17.4. The summed E-state index contributed by atoms with van der Waals surface area (Å²) in [5.41, 5.74) is 9.21. The van der Waals surface area contributed by atoms with Crippen LogP contribution in [-0.2, 0) is 0 Å². The third-order valence-electron chi connectivity index (χ3n) is 10.4. The first kappa shape index (κ1) is 37.7. The summed E-state index contributed by atoms with van der Waals surface area (Å²) in [4.78, 5) is 0. The molecular formula is C67H71N5O2Si. The number of benzene rings is 10. The van der Waals surface area contributed by atoms with E-state index in [0.29, 0.717) is 5.69 Å². The SMILES string of the molecule is COc1ccc(Nc2ccc(OC)cc2)cc1.C[Si](C)(C)c1ccc(Nc2ccccc2)cc1.Cc1cccc(Nc2cccc(C)c2)c1.[2H]c1c([2H])c([2H])c(Nc2c([2H])c([2H])c([2H])c([2H])c2[2H])c([2H])c1[2H].[2H]c1c([2H])c([2H])c(Nc2ccccc2)c([2H])c1[2H]. The lowest BCUT2D eigenvalue weighted by Crippen LogP contribution is -2.37. The number of methoxy groups -OCH3 is 2. The average Bonchev–Trinajstić information content (AvgIpc) is 0.865. The molecule has 0 atom stereocenters. The summed E-state index contributed by atoms with van der Waals surface area (Å²) in [7, 11) is 2.14. The van der Waals surface area contributed by atoms with Gasteiger partial charge >= 0.3 is 0 Å². The van der Waals surface area contributed by atoms with E-state index >= 15 is 0 Å². The topological polar surface area (TPSA) is 78.6 Å². The fourth-order valence-corrected chi connectivity index (χ4v) is 7.76. The molecule has 7 nitrogen and oxygen atoms in total. The van der Waals surface area contributed by atoms with Crippen LogP contribution in [0.4, 0.5) is 56.9 Å². The molecule has 380 valence electrons. The number of hydrogen-bond acceptors (Lipinski definition) is 7. The summed E-state index contributed by atoms with van der Waals surface area (Å²) in [6.07, 6.45) is 0.